The molecule has 21 heavy (non-hydrogen) atoms. The van der Waals surface area contributed by atoms with Crippen LogP contribution >= 0.6 is 0 Å². The van der Waals surface area contributed by atoms with E-state index in [2.05, 4.69) is 5.32 Å². The highest BCUT2D eigenvalue weighted by Crippen LogP contribution is 2.20. The van der Waals surface area contributed by atoms with Gasteiger partial charge in [0.2, 0.25) is 0 Å². The van der Waals surface area contributed by atoms with Crippen LogP contribution in [0.3, 0.4) is 0 Å². The first-order chi connectivity index (χ1) is 9.56. The van der Waals surface area contributed by atoms with Crippen molar-refractivity contribution >= 4 is 12.1 Å². The summed E-state index contributed by atoms with van der Waals surface area (Å²) >= 11 is 0. The van der Waals surface area contributed by atoms with E-state index in [4.69, 9.17) is 9.84 Å². The van der Waals surface area contributed by atoms with Crippen LogP contribution in [-0.4, -0.2) is 22.8 Å². The van der Waals surface area contributed by atoms with E-state index in [0.717, 1.165) is 12.1 Å². The van der Waals surface area contributed by atoms with Gasteiger partial charge in [-0.3, -0.25) is 4.79 Å². The van der Waals surface area contributed by atoms with E-state index in [9.17, 15) is 18.4 Å². The van der Waals surface area contributed by atoms with Crippen LogP contribution in [0.2, 0.25) is 0 Å². The molecule has 1 amide bonds. The van der Waals surface area contributed by atoms with E-state index in [1.807, 2.05) is 0 Å². The molecule has 0 radical (unpaired) electrons. The van der Waals surface area contributed by atoms with Gasteiger partial charge < -0.3 is 15.2 Å². The van der Waals surface area contributed by atoms with Crippen molar-refractivity contribution in [1.29, 1.82) is 0 Å². The van der Waals surface area contributed by atoms with Crippen molar-refractivity contribution in [2.75, 3.05) is 0 Å². The number of aliphatic carboxylic acids is 1. The molecule has 0 bridgehead atoms. The Bertz CT molecular complexity index is 520. The Kier molecular flexibility index (Phi) is 5.23. The zero-order valence-electron chi connectivity index (χ0n) is 11.9. The third kappa shape index (κ3) is 6.20. The van der Waals surface area contributed by atoms with Crippen molar-refractivity contribution in [3.8, 4) is 0 Å². The lowest BCUT2D eigenvalue weighted by Crippen LogP contribution is -2.35. The molecule has 0 aliphatic carbocycles. The molecule has 116 valence electrons. The number of alkyl carbamates (subject to hydrolysis) is 1. The van der Waals surface area contributed by atoms with E-state index in [1.165, 1.54) is 0 Å². The molecular formula is C14H17F2NO4. The standard InChI is InChI=1S/C14H17F2NO4/c1-14(2,3)21-13(20)17-11(7-12(18)19)8-4-9(15)6-10(16)5-8/h4-6,11H,7H2,1-3H3,(H,17,20)(H,18,19)/t11-/m1/s1. The van der Waals surface area contributed by atoms with Gasteiger partial charge >= 0.3 is 12.1 Å². The largest absolute Gasteiger partial charge is 0.481 e. The molecule has 0 fully saturated rings. The van der Waals surface area contributed by atoms with Gasteiger partial charge in [0.25, 0.3) is 0 Å². The molecule has 0 saturated carbocycles. The monoisotopic (exact) mass is 301 g/mol. The molecule has 1 aromatic rings. The summed E-state index contributed by atoms with van der Waals surface area (Å²) in [7, 11) is 0. The summed E-state index contributed by atoms with van der Waals surface area (Å²) in [5, 5.41) is 11.1. The number of rotatable bonds is 4. The fourth-order valence-electron chi connectivity index (χ4n) is 1.65. The third-order valence-electron chi connectivity index (χ3n) is 2.36. The van der Waals surface area contributed by atoms with Crippen LogP contribution in [0.1, 0.15) is 38.8 Å². The lowest BCUT2D eigenvalue weighted by atomic mass is 10.0. The van der Waals surface area contributed by atoms with Gasteiger partial charge in [0.05, 0.1) is 12.5 Å². The minimum absolute atomic E-state index is 0.0146. The second-order valence-electron chi connectivity index (χ2n) is 5.50. The fraction of sp³-hybridized carbons (Fsp3) is 0.429. The van der Waals surface area contributed by atoms with Gasteiger partial charge in [-0.15, -0.1) is 0 Å². The van der Waals surface area contributed by atoms with Crippen molar-refractivity contribution in [2.45, 2.75) is 38.8 Å². The van der Waals surface area contributed by atoms with E-state index in [0.29, 0.717) is 6.07 Å². The highest BCUT2D eigenvalue weighted by atomic mass is 19.1. The molecule has 2 N–H and O–H groups in total. The number of amides is 1. The molecule has 0 aliphatic rings. The van der Waals surface area contributed by atoms with E-state index in [1.54, 1.807) is 20.8 Å². The molecule has 0 aromatic heterocycles. The zero-order valence-corrected chi connectivity index (χ0v) is 11.9. The Labute approximate surface area is 120 Å². The maximum absolute atomic E-state index is 13.2. The molecule has 1 atom stereocenters. The van der Waals surface area contributed by atoms with Crippen LogP contribution in [0, 0.1) is 11.6 Å². The Hall–Kier alpha value is -2.18. The number of nitrogens with one attached hydrogen (secondary N) is 1. The summed E-state index contributed by atoms with van der Waals surface area (Å²) in [5.41, 5.74) is -0.758. The fourth-order valence-corrected chi connectivity index (χ4v) is 1.65. The van der Waals surface area contributed by atoms with Gasteiger partial charge in [-0.05, 0) is 38.5 Å². The Morgan fingerprint density at radius 3 is 2.19 bits per heavy atom. The Morgan fingerprint density at radius 2 is 1.76 bits per heavy atom. The van der Waals surface area contributed by atoms with Crippen LogP contribution in [0.4, 0.5) is 13.6 Å². The first-order valence-electron chi connectivity index (χ1n) is 6.24. The molecule has 0 aliphatic heterocycles. The summed E-state index contributed by atoms with van der Waals surface area (Å²) in [5.74, 6) is -2.93. The van der Waals surface area contributed by atoms with E-state index < -0.39 is 41.8 Å². The lowest BCUT2D eigenvalue weighted by molar-refractivity contribution is -0.137. The van der Waals surface area contributed by atoms with E-state index in [-0.39, 0.29) is 5.56 Å². The number of hydrogen-bond donors (Lipinski definition) is 2. The number of carbonyl (C=O) groups excluding carboxylic acids is 1. The average Bonchev–Trinajstić information content (AvgIpc) is 2.23. The van der Waals surface area contributed by atoms with Crippen molar-refractivity contribution in [3.05, 3.63) is 35.4 Å². The quantitative estimate of drug-likeness (QED) is 0.896. The van der Waals surface area contributed by atoms with Gasteiger partial charge in [-0.1, -0.05) is 0 Å². The minimum atomic E-state index is -1.22. The minimum Gasteiger partial charge on any atom is -0.481 e. The maximum atomic E-state index is 13.2. The van der Waals surface area contributed by atoms with Gasteiger partial charge in [0.1, 0.15) is 17.2 Å². The molecule has 0 spiro atoms. The van der Waals surface area contributed by atoms with Crippen molar-refractivity contribution < 1.29 is 28.2 Å². The summed E-state index contributed by atoms with van der Waals surface area (Å²) < 4.78 is 31.4. The second kappa shape index (κ2) is 6.51. The van der Waals surface area contributed by atoms with Crippen LogP contribution in [0.15, 0.2) is 18.2 Å². The summed E-state index contributed by atoms with van der Waals surface area (Å²) in [6.45, 7) is 4.92. The van der Waals surface area contributed by atoms with Crippen LogP contribution in [-0.2, 0) is 9.53 Å². The second-order valence-corrected chi connectivity index (χ2v) is 5.50. The first-order valence-corrected chi connectivity index (χ1v) is 6.24. The number of carbonyl (C=O) groups is 2. The predicted molar refractivity (Wildman–Crippen MR) is 70.7 cm³/mol. The van der Waals surface area contributed by atoms with Gasteiger partial charge in [0.15, 0.2) is 0 Å². The predicted octanol–water partition coefficient (Wildman–Crippen LogP) is 3.01. The van der Waals surface area contributed by atoms with Crippen molar-refractivity contribution in [1.82, 2.24) is 5.32 Å². The van der Waals surface area contributed by atoms with Crippen LogP contribution in [0.25, 0.3) is 0 Å². The third-order valence-corrected chi connectivity index (χ3v) is 2.36. The Balaban J connectivity index is 2.95. The topological polar surface area (TPSA) is 75.6 Å². The average molecular weight is 301 g/mol. The number of ether oxygens (including phenoxy) is 1. The van der Waals surface area contributed by atoms with Crippen molar-refractivity contribution in [3.63, 3.8) is 0 Å². The van der Waals surface area contributed by atoms with Crippen molar-refractivity contribution in [2.24, 2.45) is 0 Å². The van der Waals surface area contributed by atoms with Gasteiger partial charge in [-0.25, -0.2) is 13.6 Å². The molecule has 7 heteroatoms. The smallest absolute Gasteiger partial charge is 0.408 e. The highest BCUT2D eigenvalue weighted by Gasteiger charge is 2.23. The molecule has 1 rings (SSSR count). The van der Waals surface area contributed by atoms with Crippen LogP contribution < -0.4 is 5.32 Å². The summed E-state index contributed by atoms with van der Waals surface area (Å²) in [6, 6.07) is 1.50. The number of benzene rings is 1. The number of carboxylic acid groups (broad SMARTS) is 1. The molecule has 1 aromatic carbocycles. The molecule has 0 saturated heterocycles. The number of halogens is 2. The molecule has 0 heterocycles. The van der Waals surface area contributed by atoms with E-state index >= 15 is 0 Å². The highest BCUT2D eigenvalue weighted by molar-refractivity contribution is 5.72. The normalized spacial score (nSPS) is 12.6. The SMILES string of the molecule is CC(C)(C)OC(=O)N[C@H](CC(=O)O)c1cc(F)cc(F)c1. The summed E-state index contributed by atoms with van der Waals surface area (Å²) in [6.07, 6.45) is -1.39. The van der Waals surface area contributed by atoms with Gasteiger partial charge in [-0.2, -0.15) is 0 Å². The number of carboxylic acids is 1. The van der Waals surface area contributed by atoms with Crippen LogP contribution in [0.5, 0.6) is 0 Å². The molecule has 0 unspecified atom stereocenters. The molecule has 5 nitrogen and oxygen atoms in total. The number of hydrogen-bond acceptors (Lipinski definition) is 3. The first kappa shape index (κ1) is 16.9. The molecular weight excluding hydrogens is 284 g/mol. The maximum Gasteiger partial charge on any atom is 0.408 e. The summed E-state index contributed by atoms with van der Waals surface area (Å²) in [4.78, 5) is 22.5. The zero-order chi connectivity index (χ0) is 16.2. The Morgan fingerprint density at radius 1 is 1.24 bits per heavy atom. The van der Waals surface area contributed by atoms with Gasteiger partial charge in [0, 0.05) is 6.07 Å². The lowest BCUT2D eigenvalue weighted by Gasteiger charge is -2.23.